The molecule has 2 aromatic carbocycles. The van der Waals surface area contributed by atoms with Crippen LogP contribution in [0.25, 0.3) is 0 Å². The third kappa shape index (κ3) is 4.94. The van der Waals surface area contributed by atoms with Gasteiger partial charge in [-0.25, -0.2) is 0 Å². The lowest BCUT2D eigenvalue weighted by atomic mass is 9.87. The molecule has 2 atom stereocenters. The number of likely N-dealkylation sites (N-methyl/N-ethyl adjacent to an activating group) is 1. The molecule has 0 radical (unpaired) electrons. The highest BCUT2D eigenvalue weighted by atomic mass is 35.5. The van der Waals surface area contributed by atoms with Gasteiger partial charge in [-0.15, -0.1) is 0 Å². The van der Waals surface area contributed by atoms with Crippen molar-refractivity contribution in [3.05, 3.63) is 58.6 Å². The number of benzene rings is 2. The average molecular weight is 472 g/mol. The van der Waals surface area contributed by atoms with Gasteiger partial charge in [0, 0.05) is 61.3 Å². The minimum absolute atomic E-state index is 0.0827. The maximum absolute atomic E-state index is 13.7. The summed E-state index contributed by atoms with van der Waals surface area (Å²) in [5, 5.41) is 0.510. The van der Waals surface area contributed by atoms with Crippen LogP contribution in [0, 0.1) is 5.92 Å². The molecule has 0 spiro atoms. The molecule has 0 saturated carbocycles. The van der Waals surface area contributed by atoms with Gasteiger partial charge in [-0.2, -0.15) is 0 Å². The number of rotatable bonds is 5. The van der Waals surface area contributed by atoms with E-state index in [1.165, 1.54) is 0 Å². The van der Waals surface area contributed by atoms with Gasteiger partial charge in [0.05, 0.1) is 20.1 Å². The molecule has 33 heavy (non-hydrogen) atoms. The summed E-state index contributed by atoms with van der Waals surface area (Å²) in [5.41, 5.74) is 1.40. The molecular formula is C25H30ClN3O4. The summed E-state index contributed by atoms with van der Waals surface area (Å²) in [4.78, 5) is 32.9. The van der Waals surface area contributed by atoms with Crippen LogP contribution in [0.3, 0.4) is 0 Å². The van der Waals surface area contributed by atoms with E-state index in [2.05, 4.69) is 11.9 Å². The largest absolute Gasteiger partial charge is 0.497 e. The second-order valence-corrected chi connectivity index (χ2v) is 9.11. The zero-order valence-corrected chi connectivity index (χ0v) is 20.0. The van der Waals surface area contributed by atoms with Gasteiger partial charge in [-0.05, 0) is 43.4 Å². The fourth-order valence-electron chi connectivity index (χ4n) is 4.73. The predicted molar refractivity (Wildman–Crippen MR) is 127 cm³/mol. The standard InChI is InChI=1S/C25H30ClN3O4/c1-27-9-11-28(12-10-27)25(31)22-16-29(24(30)17-5-4-6-18(26)13-17)15-21(22)20-14-19(32-2)7-8-23(20)33-3/h4-8,13-14,21-22H,9-12,15-16H2,1-3H3/t21-,22-/m0/s1. The molecule has 2 heterocycles. The number of carbonyl (C=O) groups is 2. The number of hydrogen-bond acceptors (Lipinski definition) is 5. The lowest BCUT2D eigenvalue weighted by Crippen LogP contribution is -2.50. The summed E-state index contributed by atoms with van der Waals surface area (Å²) in [6.45, 7) is 3.83. The van der Waals surface area contributed by atoms with Crippen molar-refractivity contribution in [2.45, 2.75) is 5.92 Å². The first-order valence-corrected chi connectivity index (χ1v) is 11.5. The zero-order valence-electron chi connectivity index (χ0n) is 19.3. The van der Waals surface area contributed by atoms with Gasteiger partial charge >= 0.3 is 0 Å². The van der Waals surface area contributed by atoms with E-state index in [0.717, 1.165) is 18.7 Å². The maximum atomic E-state index is 13.7. The van der Waals surface area contributed by atoms with Gasteiger partial charge in [0.25, 0.3) is 5.91 Å². The van der Waals surface area contributed by atoms with Crippen LogP contribution in [0.2, 0.25) is 5.02 Å². The number of carbonyl (C=O) groups excluding carboxylic acids is 2. The molecule has 8 heteroatoms. The Kier molecular flexibility index (Phi) is 7.10. The van der Waals surface area contributed by atoms with Crippen molar-refractivity contribution in [3.63, 3.8) is 0 Å². The Bertz CT molecular complexity index is 1020. The van der Waals surface area contributed by atoms with Crippen molar-refractivity contribution >= 4 is 23.4 Å². The number of piperazine rings is 1. The second-order valence-electron chi connectivity index (χ2n) is 8.67. The smallest absolute Gasteiger partial charge is 0.253 e. The molecule has 0 unspecified atom stereocenters. The quantitative estimate of drug-likeness (QED) is 0.671. The summed E-state index contributed by atoms with van der Waals surface area (Å²) in [5.74, 6) is 0.769. The second kappa shape index (κ2) is 10.0. The van der Waals surface area contributed by atoms with E-state index in [9.17, 15) is 9.59 Å². The van der Waals surface area contributed by atoms with Crippen LogP contribution >= 0.6 is 11.6 Å². The highest BCUT2D eigenvalue weighted by molar-refractivity contribution is 6.30. The first kappa shape index (κ1) is 23.4. The number of likely N-dealkylation sites (tertiary alicyclic amines) is 1. The Balaban J connectivity index is 1.67. The highest BCUT2D eigenvalue weighted by Gasteiger charge is 2.43. The Morgan fingerprint density at radius 3 is 2.36 bits per heavy atom. The molecule has 7 nitrogen and oxygen atoms in total. The van der Waals surface area contributed by atoms with E-state index in [4.69, 9.17) is 21.1 Å². The Hall–Kier alpha value is -2.77. The van der Waals surface area contributed by atoms with Crippen molar-refractivity contribution in [1.82, 2.24) is 14.7 Å². The Morgan fingerprint density at radius 1 is 0.939 bits per heavy atom. The van der Waals surface area contributed by atoms with Crippen LogP contribution in [-0.4, -0.2) is 87.0 Å². The van der Waals surface area contributed by atoms with Gasteiger partial charge in [-0.1, -0.05) is 17.7 Å². The molecule has 0 aromatic heterocycles. The topological polar surface area (TPSA) is 62.3 Å². The van der Waals surface area contributed by atoms with Crippen LogP contribution in [-0.2, 0) is 4.79 Å². The molecule has 0 aliphatic carbocycles. The monoisotopic (exact) mass is 471 g/mol. The van der Waals surface area contributed by atoms with Crippen molar-refractivity contribution in [2.24, 2.45) is 5.92 Å². The van der Waals surface area contributed by atoms with Crippen LogP contribution in [0.1, 0.15) is 21.8 Å². The van der Waals surface area contributed by atoms with E-state index in [1.54, 1.807) is 43.4 Å². The summed E-state index contributed by atoms with van der Waals surface area (Å²) < 4.78 is 11.1. The molecule has 2 aromatic rings. The SMILES string of the molecule is COc1ccc(OC)c([C@@H]2CN(C(=O)c3cccc(Cl)c3)C[C@@H]2C(=O)N2CCN(C)CC2)c1. The lowest BCUT2D eigenvalue weighted by molar-refractivity contribution is -0.137. The van der Waals surface area contributed by atoms with Crippen LogP contribution < -0.4 is 9.47 Å². The zero-order chi connectivity index (χ0) is 23.5. The summed E-state index contributed by atoms with van der Waals surface area (Å²) in [6.07, 6.45) is 0. The fraction of sp³-hybridized carbons (Fsp3) is 0.440. The van der Waals surface area contributed by atoms with E-state index in [0.29, 0.717) is 48.3 Å². The normalized spacial score (nSPS) is 21.2. The van der Waals surface area contributed by atoms with Crippen LogP contribution in [0.4, 0.5) is 0 Å². The van der Waals surface area contributed by atoms with Gasteiger partial charge in [-0.3, -0.25) is 9.59 Å². The number of nitrogens with zero attached hydrogens (tertiary/aromatic N) is 3. The van der Waals surface area contributed by atoms with Crippen LogP contribution in [0.5, 0.6) is 11.5 Å². The Morgan fingerprint density at radius 2 is 1.70 bits per heavy atom. The number of ether oxygens (including phenoxy) is 2. The lowest BCUT2D eigenvalue weighted by Gasteiger charge is -2.35. The van der Waals surface area contributed by atoms with Crippen molar-refractivity contribution in [1.29, 1.82) is 0 Å². The van der Waals surface area contributed by atoms with Gasteiger partial charge in [0.15, 0.2) is 0 Å². The first-order valence-electron chi connectivity index (χ1n) is 11.2. The van der Waals surface area contributed by atoms with Gasteiger partial charge in [0.1, 0.15) is 11.5 Å². The minimum atomic E-state index is -0.363. The number of hydrogen-bond donors (Lipinski definition) is 0. The molecule has 2 saturated heterocycles. The van der Waals surface area contributed by atoms with Crippen molar-refractivity contribution in [2.75, 3.05) is 60.5 Å². The molecule has 2 aliphatic rings. The van der Waals surface area contributed by atoms with E-state index in [1.807, 2.05) is 23.1 Å². The third-order valence-electron chi connectivity index (χ3n) is 6.65. The first-order chi connectivity index (χ1) is 15.9. The molecule has 176 valence electrons. The summed E-state index contributed by atoms with van der Waals surface area (Å²) in [7, 11) is 5.29. The third-order valence-corrected chi connectivity index (χ3v) is 6.88. The van der Waals surface area contributed by atoms with E-state index < -0.39 is 0 Å². The number of halogens is 1. The molecule has 2 fully saturated rings. The highest BCUT2D eigenvalue weighted by Crippen LogP contribution is 2.40. The molecule has 2 aliphatic heterocycles. The molecular weight excluding hydrogens is 442 g/mol. The molecule has 0 N–H and O–H groups in total. The van der Waals surface area contributed by atoms with Gasteiger partial charge < -0.3 is 24.2 Å². The van der Waals surface area contributed by atoms with Crippen molar-refractivity contribution in [3.8, 4) is 11.5 Å². The maximum Gasteiger partial charge on any atom is 0.253 e. The molecule has 2 amide bonds. The summed E-state index contributed by atoms with van der Waals surface area (Å²) in [6, 6.07) is 12.5. The number of methoxy groups -OCH3 is 2. The van der Waals surface area contributed by atoms with Crippen LogP contribution in [0.15, 0.2) is 42.5 Å². The fourth-order valence-corrected chi connectivity index (χ4v) is 4.92. The molecule has 4 rings (SSSR count). The Labute approximate surface area is 199 Å². The predicted octanol–water partition coefficient (Wildman–Crippen LogP) is 2.99. The van der Waals surface area contributed by atoms with E-state index in [-0.39, 0.29) is 23.7 Å². The minimum Gasteiger partial charge on any atom is -0.497 e. The number of amides is 2. The molecule has 0 bridgehead atoms. The van der Waals surface area contributed by atoms with Gasteiger partial charge in [0.2, 0.25) is 5.91 Å². The average Bonchev–Trinajstić information content (AvgIpc) is 3.28. The van der Waals surface area contributed by atoms with Crippen molar-refractivity contribution < 1.29 is 19.1 Å². The summed E-state index contributed by atoms with van der Waals surface area (Å²) >= 11 is 6.12. The van der Waals surface area contributed by atoms with E-state index >= 15 is 0 Å².